The monoisotopic (exact) mass is 346 g/mol. The fraction of sp³-hybridized carbons (Fsp3) is 0.263. The summed E-state index contributed by atoms with van der Waals surface area (Å²) in [7, 11) is 0. The Balaban J connectivity index is 1.57. The predicted molar refractivity (Wildman–Crippen MR) is 97.8 cm³/mol. The summed E-state index contributed by atoms with van der Waals surface area (Å²) in [6, 6.07) is 7.85. The molecule has 2 atom stereocenters. The molecule has 1 aromatic carbocycles. The van der Waals surface area contributed by atoms with E-state index in [0.29, 0.717) is 18.8 Å². The summed E-state index contributed by atoms with van der Waals surface area (Å²) in [6.07, 6.45) is 8.18. The fourth-order valence-corrected chi connectivity index (χ4v) is 3.45. The van der Waals surface area contributed by atoms with E-state index < -0.39 is 0 Å². The van der Waals surface area contributed by atoms with Crippen LogP contribution in [0.5, 0.6) is 0 Å². The van der Waals surface area contributed by atoms with E-state index >= 15 is 0 Å². The van der Waals surface area contributed by atoms with Crippen molar-refractivity contribution in [2.75, 3.05) is 11.9 Å². The van der Waals surface area contributed by atoms with E-state index in [1.165, 1.54) is 0 Å². The van der Waals surface area contributed by atoms with Gasteiger partial charge < -0.3 is 10.2 Å². The van der Waals surface area contributed by atoms with Crippen LogP contribution >= 0.6 is 0 Å². The first kappa shape index (κ1) is 16.1. The van der Waals surface area contributed by atoms with E-state index in [4.69, 9.17) is 5.26 Å². The highest BCUT2D eigenvalue weighted by atomic mass is 16.2. The van der Waals surface area contributed by atoms with Crippen LogP contribution in [0.2, 0.25) is 0 Å². The molecule has 1 fully saturated rings. The molecule has 2 N–H and O–H groups in total. The number of benzene rings is 1. The van der Waals surface area contributed by atoms with Gasteiger partial charge in [0.15, 0.2) is 6.19 Å². The second-order valence-corrected chi connectivity index (χ2v) is 6.54. The van der Waals surface area contributed by atoms with Gasteiger partial charge >= 0.3 is 0 Å². The van der Waals surface area contributed by atoms with Crippen LogP contribution in [0.3, 0.4) is 0 Å². The number of carbonyl (C=O) groups is 1. The number of nitriles is 1. The molecule has 4 rings (SSSR count). The van der Waals surface area contributed by atoms with Gasteiger partial charge in [0.25, 0.3) is 0 Å². The molecule has 0 saturated carbocycles. The van der Waals surface area contributed by atoms with E-state index in [9.17, 15) is 4.79 Å². The lowest BCUT2D eigenvalue weighted by atomic mass is 10.0. The molecular weight excluding hydrogens is 328 g/mol. The maximum Gasteiger partial charge on any atom is 0.230 e. The van der Waals surface area contributed by atoms with Crippen molar-refractivity contribution >= 4 is 22.5 Å². The minimum atomic E-state index is -0.204. The van der Waals surface area contributed by atoms with Gasteiger partial charge in [0.2, 0.25) is 5.91 Å². The predicted octanol–water partition coefficient (Wildman–Crippen LogP) is 2.75. The van der Waals surface area contributed by atoms with Crippen LogP contribution in [0.1, 0.15) is 13.3 Å². The van der Waals surface area contributed by atoms with E-state index in [-0.39, 0.29) is 17.9 Å². The van der Waals surface area contributed by atoms with E-state index in [1.807, 2.05) is 37.4 Å². The van der Waals surface area contributed by atoms with Gasteiger partial charge in [0.1, 0.15) is 5.82 Å². The van der Waals surface area contributed by atoms with Gasteiger partial charge in [-0.25, -0.2) is 4.98 Å². The zero-order valence-electron chi connectivity index (χ0n) is 14.3. The Labute approximate surface area is 150 Å². The molecule has 2 aromatic heterocycles. The largest absolute Gasteiger partial charge is 0.310 e. The third-order valence-corrected chi connectivity index (χ3v) is 5.02. The van der Waals surface area contributed by atoms with Gasteiger partial charge in [0.05, 0.1) is 12.1 Å². The first-order valence-electron chi connectivity index (χ1n) is 8.52. The van der Waals surface area contributed by atoms with Crippen LogP contribution in [0.25, 0.3) is 21.9 Å². The molecule has 1 aliphatic rings. The molecule has 7 heteroatoms. The van der Waals surface area contributed by atoms with E-state index in [2.05, 4.69) is 26.7 Å². The molecule has 3 heterocycles. The highest BCUT2D eigenvalue weighted by molar-refractivity contribution is 5.95. The highest BCUT2D eigenvalue weighted by Crippen LogP contribution is 2.27. The second-order valence-electron chi connectivity index (χ2n) is 6.54. The van der Waals surface area contributed by atoms with Crippen LogP contribution in [0.15, 0.2) is 42.9 Å². The van der Waals surface area contributed by atoms with Crippen molar-refractivity contribution in [3.63, 3.8) is 0 Å². The molecule has 1 aliphatic heterocycles. The first-order valence-corrected chi connectivity index (χ1v) is 8.52. The van der Waals surface area contributed by atoms with Crippen molar-refractivity contribution in [2.45, 2.75) is 19.4 Å². The lowest BCUT2D eigenvalue weighted by molar-refractivity contribution is -0.120. The Morgan fingerprint density at radius 2 is 2.19 bits per heavy atom. The zero-order chi connectivity index (χ0) is 18.1. The number of fused-ring (bicyclic) bond motifs is 1. The fourth-order valence-electron chi connectivity index (χ4n) is 3.45. The van der Waals surface area contributed by atoms with Crippen molar-refractivity contribution in [3.05, 3.63) is 42.9 Å². The number of aromatic amines is 1. The van der Waals surface area contributed by atoms with Gasteiger partial charge in [-0.3, -0.25) is 9.89 Å². The third kappa shape index (κ3) is 2.86. The van der Waals surface area contributed by atoms with Crippen LogP contribution in [0, 0.1) is 17.4 Å². The molecule has 0 aliphatic carbocycles. The van der Waals surface area contributed by atoms with Gasteiger partial charge in [-0.1, -0.05) is 12.1 Å². The molecule has 7 nitrogen and oxygen atoms in total. The average Bonchev–Trinajstić information content (AvgIpc) is 3.30. The first-order chi connectivity index (χ1) is 12.7. The SMILES string of the molecule is CC1C(C(=O)Nc2cc3cc(-c4cn[nH]c4)ccc3cn2)CCN1C#N. The summed E-state index contributed by atoms with van der Waals surface area (Å²) < 4.78 is 0. The summed E-state index contributed by atoms with van der Waals surface area (Å²) in [6.45, 7) is 2.53. The number of anilines is 1. The van der Waals surface area contributed by atoms with Crippen LogP contribution < -0.4 is 5.32 Å². The van der Waals surface area contributed by atoms with Crippen LogP contribution in [-0.2, 0) is 4.79 Å². The molecule has 2 unspecified atom stereocenters. The lowest BCUT2D eigenvalue weighted by Crippen LogP contribution is -2.33. The number of hydrogen-bond donors (Lipinski definition) is 2. The summed E-state index contributed by atoms with van der Waals surface area (Å²) >= 11 is 0. The molecule has 1 amide bonds. The molecular formula is C19H18N6O. The number of pyridine rings is 1. The number of nitrogens with zero attached hydrogens (tertiary/aromatic N) is 4. The number of hydrogen-bond acceptors (Lipinski definition) is 5. The van der Waals surface area contributed by atoms with Gasteiger partial charge in [-0.15, -0.1) is 0 Å². The number of nitrogens with one attached hydrogen (secondary N) is 2. The Morgan fingerprint density at radius 1 is 1.31 bits per heavy atom. The number of H-pyrrole nitrogens is 1. The van der Waals surface area contributed by atoms with Gasteiger partial charge in [-0.2, -0.15) is 10.4 Å². The van der Waals surface area contributed by atoms with Crippen molar-refractivity contribution in [3.8, 4) is 17.3 Å². The average molecular weight is 346 g/mol. The summed E-state index contributed by atoms with van der Waals surface area (Å²) in [5.74, 6) is 0.229. The minimum Gasteiger partial charge on any atom is -0.310 e. The normalized spacial score (nSPS) is 19.5. The Bertz CT molecular complexity index is 991. The molecule has 0 spiro atoms. The molecule has 3 aromatic rings. The quantitative estimate of drug-likeness (QED) is 0.711. The molecule has 0 radical (unpaired) electrons. The smallest absolute Gasteiger partial charge is 0.230 e. The number of carbonyl (C=O) groups excluding carboxylic acids is 1. The van der Waals surface area contributed by atoms with Gasteiger partial charge in [-0.05, 0) is 36.4 Å². The van der Waals surface area contributed by atoms with Crippen LogP contribution in [0.4, 0.5) is 5.82 Å². The summed E-state index contributed by atoms with van der Waals surface area (Å²) in [5, 5.41) is 20.8. The molecule has 130 valence electrons. The molecule has 26 heavy (non-hydrogen) atoms. The lowest BCUT2D eigenvalue weighted by Gasteiger charge is -2.18. The molecule has 1 saturated heterocycles. The summed E-state index contributed by atoms with van der Waals surface area (Å²) in [4.78, 5) is 18.6. The topological polar surface area (TPSA) is 97.7 Å². The van der Waals surface area contributed by atoms with Crippen LogP contribution in [-0.4, -0.2) is 38.6 Å². The number of likely N-dealkylation sites (tertiary alicyclic amines) is 1. The number of rotatable bonds is 3. The van der Waals surface area contributed by atoms with Crippen molar-refractivity contribution in [1.29, 1.82) is 5.26 Å². The van der Waals surface area contributed by atoms with Crippen molar-refractivity contribution < 1.29 is 4.79 Å². The standard InChI is InChI=1S/C19H18N6O/c1-12-17(4-5-25(12)11-20)19(26)24-18-7-15-6-13(16-9-22-23-10-16)2-3-14(15)8-21-18/h2-3,6-10,12,17H,4-5H2,1H3,(H,22,23)(H,21,24,26). The Kier molecular flexibility index (Phi) is 4.01. The number of aromatic nitrogens is 3. The van der Waals surface area contributed by atoms with E-state index in [1.54, 1.807) is 17.3 Å². The maximum absolute atomic E-state index is 12.6. The number of amides is 1. The third-order valence-electron chi connectivity index (χ3n) is 5.02. The maximum atomic E-state index is 12.6. The minimum absolute atomic E-state index is 0.0897. The van der Waals surface area contributed by atoms with Gasteiger partial charge in [0, 0.05) is 35.9 Å². The Hall–Kier alpha value is -3.40. The zero-order valence-corrected chi connectivity index (χ0v) is 14.3. The van der Waals surface area contributed by atoms with Crippen molar-refractivity contribution in [1.82, 2.24) is 20.1 Å². The van der Waals surface area contributed by atoms with E-state index in [0.717, 1.165) is 21.9 Å². The molecule has 0 bridgehead atoms. The van der Waals surface area contributed by atoms with Crippen molar-refractivity contribution in [2.24, 2.45) is 5.92 Å². The highest BCUT2D eigenvalue weighted by Gasteiger charge is 2.35. The Morgan fingerprint density at radius 3 is 2.92 bits per heavy atom. The summed E-state index contributed by atoms with van der Waals surface area (Å²) in [5.41, 5.74) is 2.05. The second kappa shape index (κ2) is 6.48.